The highest BCUT2D eigenvalue weighted by atomic mass is 16.3. The SMILES string of the molecule is C1=Cc2ccc3ccccc3c2C1.CC.CC.CC(C)c1ccc2ccc3cccc4ccc1c2c34.CC(C)c1ccc2ccc3cccc4ccc1c2c34.Oc1ccc2ccc3cccc4ccc1c2c34. The maximum absolute atomic E-state index is 9.95. The van der Waals surface area contributed by atoms with Gasteiger partial charge in [0, 0.05) is 10.8 Å². The number of phenols is 1. The number of aromatic hydroxyl groups is 1. The van der Waals surface area contributed by atoms with Crippen molar-refractivity contribution in [2.24, 2.45) is 0 Å². The Kier molecular flexibility index (Phi) is 13.5. The van der Waals surface area contributed by atoms with Gasteiger partial charge in [-0.3, -0.25) is 0 Å². The van der Waals surface area contributed by atoms with E-state index >= 15 is 0 Å². The molecule has 0 heterocycles. The van der Waals surface area contributed by atoms with Crippen LogP contribution >= 0.6 is 0 Å². The van der Waals surface area contributed by atoms with Crippen molar-refractivity contribution in [3.8, 4) is 5.75 Å². The first kappa shape index (κ1) is 47.7. The largest absolute Gasteiger partial charge is 0.507 e. The van der Waals surface area contributed by atoms with Gasteiger partial charge in [0.25, 0.3) is 0 Å². The minimum Gasteiger partial charge on any atom is -0.507 e. The van der Waals surface area contributed by atoms with E-state index in [-0.39, 0.29) is 0 Å². The van der Waals surface area contributed by atoms with Gasteiger partial charge in [0.15, 0.2) is 0 Å². The van der Waals surface area contributed by atoms with Crippen LogP contribution in [-0.4, -0.2) is 5.11 Å². The van der Waals surface area contributed by atoms with Gasteiger partial charge in [0.05, 0.1) is 0 Å². The lowest BCUT2D eigenvalue weighted by Gasteiger charge is -2.15. The maximum atomic E-state index is 9.95. The molecule has 14 aromatic carbocycles. The Labute approximate surface area is 424 Å². The Balaban J connectivity index is 0.000000109. The lowest BCUT2D eigenvalue weighted by molar-refractivity contribution is 0.482. The van der Waals surface area contributed by atoms with Crippen molar-refractivity contribution in [1.29, 1.82) is 0 Å². The predicted octanol–water partition coefficient (Wildman–Crippen LogP) is 21.2. The fourth-order valence-corrected chi connectivity index (χ4v) is 11.3. The van der Waals surface area contributed by atoms with Gasteiger partial charge in [0.2, 0.25) is 0 Å². The van der Waals surface area contributed by atoms with E-state index in [0.29, 0.717) is 17.6 Å². The van der Waals surface area contributed by atoms with E-state index in [9.17, 15) is 5.11 Å². The average Bonchev–Trinajstić information content (AvgIpc) is 3.93. The second kappa shape index (κ2) is 20.4. The Bertz CT molecular complexity index is 3990. The van der Waals surface area contributed by atoms with Crippen LogP contribution in [0.4, 0.5) is 0 Å². The molecule has 0 unspecified atom stereocenters. The van der Waals surface area contributed by atoms with Crippen LogP contribution in [-0.2, 0) is 6.42 Å². The van der Waals surface area contributed by atoms with Gasteiger partial charge < -0.3 is 5.11 Å². The Morgan fingerprint density at radius 1 is 0.306 bits per heavy atom. The summed E-state index contributed by atoms with van der Waals surface area (Å²) in [5, 5.41) is 36.3. The molecule has 1 N–H and O–H groups in total. The van der Waals surface area contributed by atoms with E-state index in [2.05, 4.69) is 222 Å². The number of hydrogen-bond acceptors (Lipinski definition) is 1. The molecule has 0 radical (unpaired) electrons. The molecule has 0 atom stereocenters. The van der Waals surface area contributed by atoms with Crippen LogP contribution in [0.25, 0.3) is 114 Å². The summed E-state index contributed by atoms with van der Waals surface area (Å²) >= 11 is 0. The highest BCUT2D eigenvalue weighted by Crippen LogP contribution is 2.41. The van der Waals surface area contributed by atoms with Crippen LogP contribution in [0, 0.1) is 0 Å². The molecule has 0 amide bonds. The lowest BCUT2D eigenvalue weighted by Crippen LogP contribution is -1.91. The average molecular weight is 933 g/mol. The number of phenolic OH excluding ortho intramolecular Hbond substituents is 1. The van der Waals surface area contributed by atoms with Gasteiger partial charge in [0.1, 0.15) is 5.75 Å². The monoisotopic (exact) mass is 932 g/mol. The third-order valence-corrected chi connectivity index (χ3v) is 14.6. The molecule has 15 rings (SSSR count). The number of benzene rings is 14. The van der Waals surface area contributed by atoms with Crippen LogP contribution in [0.5, 0.6) is 5.75 Å². The zero-order valence-electron chi connectivity index (χ0n) is 43.0. The smallest absolute Gasteiger partial charge is 0.123 e. The van der Waals surface area contributed by atoms with Crippen LogP contribution in [0.3, 0.4) is 0 Å². The zero-order chi connectivity index (χ0) is 50.0. The lowest BCUT2D eigenvalue weighted by atomic mass is 9.89. The van der Waals surface area contributed by atoms with E-state index in [1.165, 1.54) is 125 Å². The second-order valence-electron chi connectivity index (χ2n) is 19.2. The highest BCUT2D eigenvalue weighted by molar-refractivity contribution is 6.26. The standard InChI is InChI=1S/2C19H16.C16H10O.C13H10.2C2H6/c2*1-12(2)16-10-8-15-7-6-13-4-3-5-14-9-11-17(16)19(15)18(13)14;17-14-9-7-12-5-4-10-2-1-3-11-6-8-13(14)16(12)15(10)11;1-2-6-12-10(4-1)8-9-11-5-3-7-13(11)12;2*1-2/h2*3-12H,1-2H3;1-9,17H;1-6,8-9H,7H2;2*1-2H3. The molecule has 1 aliphatic rings. The molecule has 0 bridgehead atoms. The second-order valence-corrected chi connectivity index (χ2v) is 19.2. The van der Waals surface area contributed by atoms with Crippen molar-refractivity contribution in [2.75, 3.05) is 0 Å². The topological polar surface area (TPSA) is 20.2 Å². The van der Waals surface area contributed by atoms with Gasteiger partial charge in [-0.15, -0.1) is 0 Å². The van der Waals surface area contributed by atoms with Gasteiger partial charge in [-0.1, -0.05) is 262 Å². The zero-order valence-corrected chi connectivity index (χ0v) is 43.0. The Hall–Kier alpha value is -8.00. The predicted molar refractivity (Wildman–Crippen MR) is 320 cm³/mol. The summed E-state index contributed by atoms with van der Waals surface area (Å²) < 4.78 is 0. The van der Waals surface area contributed by atoms with Crippen molar-refractivity contribution >= 4 is 114 Å². The molecule has 0 fully saturated rings. The first-order valence-corrected chi connectivity index (χ1v) is 26.2. The van der Waals surface area contributed by atoms with E-state index in [4.69, 9.17) is 0 Å². The quantitative estimate of drug-likeness (QED) is 0.171. The summed E-state index contributed by atoms with van der Waals surface area (Å²) in [6.45, 7) is 17.1. The minimum atomic E-state index is 0.357. The molecule has 0 saturated heterocycles. The molecular weight excluding hydrogens is 869 g/mol. The first-order chi connectivity index (χ1) is 35.3. The van der Waals surface area contributed by atoms with Gasteiger partial charge in [-0.2, -0.15) is 0 Å². The van der Waals surface area contributed by atoms with Gasteiger partial charge >= 0.3 is 0 Å². The van der Waals surface area contributed by atoms with Gasteiger partial charge in [-0.05, 0) is 144 Å². The van der Waals surface area contributed by atoms with E-state index in [1.54, 1.807) is 6.07 Å². The van der Waals surface area contributed by atoms with Crippen LogP contribution in [0.2, 0.25) is 0 Å². The van der Waals surface area contributed by atoms with E-state index in [1.807, 2.05) is 39.8 Å². The van der Waals surface area contributed by atoms with Crippen molar-refractivity contribution in [3.63, 3.8) is 0 Å². The van der Waals surface area contributed by atoms with Crippen molar-refractivity contribution in [1.82, 2.24) is 0 Å². The first-order valence-electron chi connectivity index (χ1n) is 26.2. The Morgan fingerprint density at radius 3 is 1.08 bits per heavy atom. The maximum Gasteiger partial charge on any atom is 0.123 e. The van der Waals surface area contributed by atoms with Crippen molar-refractivity contribution in [2.45, 2.75) is 73.6 Å². The normalized spacial score (nSPS) is 11.8. The fraction of sp³-hybridized carbons (Fsp3) is 0.155. The van der Waals surface area contributed by atoms with Crippen molar-refractivity contribution in [3.05, 3.63) is 229 Å². The molecule has 1 nitrogen and oxygen atoms in total. The van der Waals surface area contributed by atoms with E-state index < -0.39 is 0 Å². The number of allylic oxidation sites excluding steroid dienone is 1. The number of fused-ring (bicyclic) bond motifs is 3. The molecule has 1 heteroatoms. The van der Waals surface area contributed by atoms with Gasteiger partial charge in [-0.25, -0.2) is 0 Å². The van der Waals surface area contributed by atoms with E-state index in [0.717, 1.165) is 11.8 Å². The molecule has 14 aromatic rings. The van der Waals surface area contributed by atoms with Crippen molar-refractivity contribution < 1.29 is 5.11 Å². The summed E-state index contributed by atoms with van der Waals surface area (Å²) in [5.41, 5.74) is 5.77. The minimum absolute atomic E-state index is 0.357. The van der Waals surface area contributed by atoms with Crippen LogP contribution in [0.15, 0.2) is 206 Å². The highest BCUT2D eigenvalue weighted by Gasteiger charge is 2.15. The summed E-state index contributed by atoms with van der Waals surface area (Å²) in [6, 6.07) is 71.7. The summed E-state index contributed by atoms with van der Waals surface area (Å²) in [7, 11) is 0. The third kappa shape index (κ3) is 8.47. The molecule has 0 spiro atoms. The summed E-state index contributed by atoms with van der Waals surface area (Å²) in [5.74, 6) is 1.48. The summed E-state index contributed by atoms with van der Waals surface area (Å²) in [4.78, 5) is 0. The molecular formula is C71H64O. The molecule has 1 aliphatic carbocycles. The van der Waals surface area contributed by atoms with Crippen LogP contribution in [0.1, 0.15) is 89.5 Å². The molecule has 0 saturated carbocycles. The molecule has 354 valence electrons. The third-order valence-electron chi connectivity index (χ3n) is 14.6. The molecule has 72 heavy (non-hydrogen) atoms. The molecule has 0 aromatic heterocycles. The number of hydrogen-bond donors (Lipinski definition) is 1. The van der Waals surface area contributed by atoms with Crippen LogP contribution < -0.4 is 0 Å². The number of rotatable bonds is 2. The fourth-order valence-electron chi connectivity index (χ4n) is 11.3. The molecule has 0 aliphatic heterocycles. The summed E-state index contributed by atoms with van der Waals surface area (Å²) in [6.07, 6.45) is 5.54. The Morgan fingerprint density at radius 2 is 0.639 bits per heavy atom.